The largest absolute Gasteiger partial charge is 0.322 e. The average Bonchev–Trinajstić information content (AvgIpc) is 3.14. The molecule has 8 nitrogen and oxygen atoms in total. The van der Waals surface area contributed by atoms with Crippen molar-refractivity contribution >= 4 is 39.1 Å². The van der Waals surface area contributed by atoms with Crippen LogP contribution in [0.4, 0.5) is 11.4 Å². The Bertz CT molecular complexity index is 1130. The maximum Gasteiger partial charge on any atom is 0.261 e. The zero-order valence-electron chi connectivity index (χ0n) is 15.0. The predicted octanol–water partition coefficient (Wildman–Crippen LogP) is 1.70. The molecule has 1 saturated heterocycles. The first-order valence-corrected chi connectivity index (χ1v) is 10.3. The van der Waals surface area contributed by atoms with Crippen LogP contribution >= 0.6 is 0 Å². The van der Waals surface area contributed by atoms with Crippen molar-refractivity contribution in [2.75, 3.05) is 29.0 Å². The van der Waals surface area contributed by atoms with Crippen LogP contribution in [0, 0.1) is 0 Å². The van der Waals surface area contributed by atoms with Crippen LogP contribution in [-0.2, 0) is 10.0 Å². The molecule has 0 saturated carbocycles. The lowest BCUT2D eigenvalue weighted by atomic mass is 10.1. The fraction of sp³-hybridized carbons (Fsp3) is 0.211. The molecule has 0 aromatic heterocycles. The summed E-state index contributed by atoms with van der Waals surface area (Å²) in [5.41, 5.74) is 1.65. The number of amides is 3. The third-order valence-corrected chi connectivity index (χ3v) is 6.71. The van der Waals surface area contributed by atoms with E-state index in [1.54, 1.807) is 24.3 Å². The molecule has 2 aliphatic heterocycles. The minimum absolute atomic E-state index is 0.0970. The van der Waals surface area contributed by atoms with E-state index in [4.69, 9.17) is 0 Å². The number of anilines is 2. The maximum absolute atomic E-state index is 12.6. The number of rotatable bonds is 3. The number of hydrogen-bond acceptors (Lipinski definition) is 5. The second-order valence-corrected chi connectivity index (χ2v) is 8.69. The Morgan fingerprint density at radius 3 is 2.50 bits per heavy atom. The molecule has 2 aliphatic rings. The van der Waals surface area contributed by atoms with Gasteiger partial charge >= 0.3 is 0 Å². The number of nitrogens with one attached hydrogen (secondary N) is 1. The van der Waals surface area contributed by atoms with Gasteiger partial charge in [-0.15, -0.1) is 0 Å². The highest BCUT2D eigenvalue weighted by atomic mass is 32.2. The molecular weight excluding hydrogens is 382 g/mol. The highest BCUT2D eigenvalue weighted by molar-refractivity contribution is 7.93. The summed E-state index contributed by atoms with van der Waals surface area (Å²) in [7, 11) is -1.93. The summed E-state index contributed by atoms with van der Waals surface area (Å²) in [5, 5.41) is 2.69. The summed E-state index contributed by atoms with van der Waals surface area (Å²) in [6.07, 6.45) is 0.551. The fourth-order valence-electron chi connectivity index (χ4n) is 3.37. The fourth-order valence-corrected chi connectivity index (χ4v) is 4.93. The van der Waals surface area contributed by atoms with Crippen LogP contribution in [0.1, 0.15) is 37.5 Å². The number of sulfonamides is 1. The van der Waals surface area contributed by atoms with E-state index in [-0.39, 0.29) is 17.2 Å². The number of carbonyl (C=O) groups excluding carboxylic acids is 3. The van der Waals surface area contributed by atoms with Gasteiger partial charge in [-0.1, -0.05) is 6.07 Å². The Balaban J connectivity index is 1.58. The number of carbonyl (C=O) groups is 3. The van der Waals surface area contributed by atoms with Crippen LogP contribution in [0.2, 0.25) is 0 Å². The van der Waals surface area contributed by atoms with Gasteiger partial charge in [-0.3, -0.25) is 23.6 Å². The normalized spacial score (nSPS) is 17.8. The van der Waals surface area contributed by atoms with Gasteiger partial charge in [0.1, 0.15) is 0 Å². The van der Waals surface area contributed by atoms with Crippen LogP contribution < -0.4 is 9.62 Å². The van der Waals surface area contributed by atoms with Crippen molar-refractivity contribution in [1.29, 1.82) is 0 Å². The van der Waals surface area contributed by atoms with Gasteiger partial charge in [-0.05, 0) is 42.8 Å². The topological polar surface area (TPSA) is 104 Å². The van der Waals surface area contributed by atoms with Gasteiger partial charge in [0.2, 0.25) is 10.0 Å². The van der Waals surface area contributed by atoms with Gasteiger partial charge in [-0.2, -0.15) is 0 Å². The highest BCUT2D eigenvalue weighted by Gasteiger charge is 2.33. The van der Waals surface area contributed by atoms with Crippen molar-refractivity contribution in [3.63, 3.8) is 0 Å². The number of hydrogen-bond donors (Lipinski definition) is 1. The van der Waals surface area contributed by atoms with Gasteiger partial charge in [0, 0.05) is 24.8 Å². The molecule has 2 aromatic carbocycles. The second-order valence-electron chi connectivity index (χ2n) is 6.68. The molecule has 9 heteroatoms. The standard InChI is InChI=1S/C19H17N3O5S/c1-21-18(24)15-7-6-13(11-16(15)19(21)25)20-17(23)12-4-2-5-14(10-12)22-8-3-9-28(22,26)27/h2,4-7,10-11H,3,8-9H2,1H3,(H,20,23). The lowest BCUT2D eigenvalue weighted by molar-refractivity contribution is 0.0692. The summed E-state index contributed by atoms with van der Waals surface area (Å²) < 4.78 is 25.5. The van der Waals surface area contributed by atoms with E-state index in [1.807, 2.05) is 0 Å². The summed E-state index contributed by atoms with van der Waals surface area (Å²) in [4.78, 5) is 37.7. The number of benzene rings is 2. The predicted molar refractivity (Wildman–Crippen MR) is 103 cm³/mol. The molecule has 0 aliphatic carbocycles. The first-order valence-electron chi connectivity index (χ1n) is 8.66. The smallest absolute Gasteiger partial charge is 0.261 e. The van der Waals surface area contributed by atoms with Crippen molar-refractivity contribution in [1.82, 2.24) is 4.90 Å². The molecule has 0 radical (unpaired) electrons. The lowest BCUT2D eigenvalue weighted by Crippen LogP contribution is -2.25. The third kappa shape index (κ3) is 2.93. The SMILES string of the molecule is CN1C(=O)c2ccc(NC(=O)c3cccc(N4CCCS4(=O)=O)c3)cc2C1=O. The molecule has 4 rings (SSSR count). The Hall–Kier alpha value is -3.20. The summed E-state index contributed by atoms with van der Waals surface area (Å²) in [6, 6.07) is 10.9. The first kappa shape index (κ1) is 18.2. The lowest BCUT2D eigenvalue weighted by Gasteiger charge is -2.17. The number of imide groups is 1. The Kier molecular flexibility index (Phi) is 4.19. The Morgan fingerprint density at radius 1 is 1.04 bits per heavy atom. The molecule has 0 spiro atoms. The van der Waals surface area contributed by atoms with E-state index in [9.17, 15) is 22.8 Å². The minimum atomic E-state index is -3.34. The molecule has 0 unspecified atom stereocenters. The van der Waals surface area contributed by atoms with E-state index < -0.39 is 21.8 Å². The zero-order valence-corrected chi connectivity index (χ0v) is 15.8. The van der Waals surface area contributed by atoms with Gasteiger partial charge in [0.25, 0.3) is 17.7 Å². The molecule has 3 amide bonds. The summed E-state index contributed by atoms with van der Waals surface area (Å²) in [5.74, 6) is -1.14. The quantitative estimate of drug-likeness (QED) is 0.792. The van der Waals surface area contributed by atoms with Gasteiger partial charge < -0.3 is 5.32 Å². The second kappa shape index (κ2) is 6.45. The molecule has 28 heavy (non-hydrogen) atoms. The van der Waals surface area contributed by atoms with Crippen molar-refractivity contribution < 1.29 is 22.8 Å². The summed E-state index contributed by atoms with van der Waals surface area (Å²) >= 11 is 0. The minimum Gasteiger partial charge on any atom is -0.322 e. The van der Waals surface area contributed by atoms with E-state index in [0.717, 1.165) is 4.90 Å². The van der Waals surface area contributed by atoms with Crippen LogP contribution in [0.15, 0.2) is 42.5 Å². The van der Waals surface area contributed by atoms with Gasteiger partial charge in [0.05, 0.1) is 22.6 Å². The van der Waals surface area contributed by atoms with Gasteiger partial charge in [-0.25, -0.2) is 8.42 Å². The van der Waals surface area contributed by atoms with E-state index >= 15 is 0 Å². The number of fused-ring (bicyclic) bond motifs is 1. The Labute approximate surface area is 161 Å². The molecular formula is C19H17N3O5S. The Morgan fingerprint density at radius 2 is 1.79 bits per heavy atom. The summed E-state index contributed by atoms with van der Waals surface area (Å²) in [6.45, 7) is 0.391. The van der Waals surface area contributed by atoms with Crippen LogP contribution in [-0.4, -0.2) is 50.4 Å². The van der Waals surface area contributed by atoms with E-state index in [1.165, 1.54) is 29.6 Å². The monoisotopic (exact) mass is 399 g/mol. The van der Waals surface area contributed by atoms with E-state index in [0.29, 0.717) is 35.5 Å². The molecule has 0 bridgehead atoms. The first-order chi connectivity index (χ1) is 13.3. The molecule has 0 atom stereocenters. The maximum atomic E-state index is 12.6. The average molecular weight is 399 g/mol. The molecule has 144 valence electrons. The van der Waals surface area contributed by atoms with Crippen molar-refractivity contribution in [3.8, 4) is 0 Å². The molecule has 1 N–H and O–H groups in total. The van der Waals surface area contributed by atoms with Crippen molar-refractivity contribution in [3.05, 3.63) is 59.2 Å². The molecule has 2 heterocycles. The molecule has 1 fully saturated rings. The van der Waals surface area contributed by atoms with E-state index in [2.05, 4.69) is 5.32 Å². The van der Waals surface area contributed by atoms with Crippen molar-refractivity contribution in [2.24, 2.45) is 0 Å². The molecule has 2 aromatic rings. The van der Waals surface area contributed by atoms with Gasteiger partial charge in [0.15, 0.2) is 0 Å². The number of nitrogens with zero attached hydrogens (tertiary/aromatic N) is 2. The van der Waals surface area contributed by atoms with Crippen LogP contribution in [0.5, 0.6) is 0 Å². The third-order valence-electron chi connectivity index (χ3n) is 4.84. The van der Waals surface area contributed by atoms with Crippen LogP contribution in [0.3, 0.4) is 0 Å². The van der Waals surface area contributed by atoms with Crippen LogP contribution in [0.25, 0.3) is 0 Å². The zero-order chi connectivity index (χ0) is 20.1. The highest BCUT2D eigenvalue weighted by Crippen LogP contribution is 2.27. The van der Waals surface area contributed by atoms with Crippen molar-refractivity contribution in [2.45, 2.75) is 6.42 Å².